The molecule has 5 rings (SSSR count). The van der Waals surface area contributed by atoms with Gasteiger partial charge in [-0.1, -0.05) is 35.5 Å². The number of aromatic amines is 1. The Morgan fingerprint density at radius 3 is 2.71 bits per heavy atom. The number of aromatic nitrogens is 5. The summed E-state index contributed by atoms with van der Waals surface area (Å²) >= 11 is 0. The van der Waals surface area contributed by atoms with E-state index in [1.54, 1.807) is 41.1 Å². The standard InChI is InChI=1S/C23H18FN5O4S/c24-17-9-5-4-6-15(17)14-29-20(18-10-11-33-28-18)12-19(27-29)22-25-13-21(23(30)26-22)34(31,32)16-7-2-1-3-8-16/h1-5,7-13,15H,6,14H2,(H,25,26,30). The Morgan fingerprint density at radius 2 is 2.00 bits per heavy atom. The molecule has 0 amide bonds. The monoisotopic (exact) mass is 479 g/mol. The summed E-state index contributed by atoms with van der Waals surface area (Å²) in [5, 5.41) is 8.42. The van der Waals surface area contributed by atoms with Crippen molar-refractivity contribution in [2.75, 3.05) is 0 Å². The van der Waals surface area contributed by atoms with Gasteiger partial charge in [0.2, 0.25) is 9.84 Å². The van der Waals surface area contributed by atoms with Crippen molar-refractivity contribution in [3.63, 3.8) is 0 Å². The van der Waals surface area contributed by atoms with Gasteiger partial charge >= 0.3 is 0 Å². The average Bonchev–Trinajstić information content (AvgIpc) is 3.51. The van der Waals surface area contributed by atoms with Gasteiger partial charge in [0, 0.05) is 12.0 Å². The Balaban J connectivity index is 1.53. The first-order valence-corrected chi connectivity index (χ1v) is 11.8. The van der Waals surface area contributed by atoms with Gasteiger partial charge in [-0.25, -0.2) is 17.8 Å². The van der Waals surface area contributed by atoms with Crippen LogP contribution in [0.5, 0.6) is 0 Å². The Hall–Kier alpha value is -4.12. The van der Waals surface area contributed by atoms with Gasteiger partial charge in [-0.15, -0.1) is 0 Å². The number of allylic oxidation sites excluding steroid dienone is 4. The van der Waals surface area contributed by atoms with E-state index in [-0.39, 0.29) is 28.8 Å². The number of hydrogen-bond donors (Lipinski definition) is 1. The van der Waals surface area contributed by atoms with Crippen LogP contribution < -0.4 is 5.56 Å². The molecule has 3 aromatic heterocycles. The number of rotatable bonds is 6. The second kappa shape index (κ2) is 8.67. The third-order valence-electron chi connectivity index (χ3n) is 5.43. The normalized spacial score (nSPS) is 15.9. The maximum absolute atomic E-state index is 14.3. The molecule has 0 bridgehead atoms. The predicted molar refractivity (Wildman–Crippen MR) is 120 cm³/mol. The lowest BCUT2D eigenvalue weighted by Gasteiger charge is -2.16. The molecule has 9 nitrogen and oxygen atoms in total. The quantitative estimate of drug-likeness (QED) is 0.448. The van der Waals surface area contributed by atoms with E-state index in [2.05, 4.69) is 20.2 Å². The van der Waals surface area contributed by atoms with Gasteiger partial charge in [0.05, 0.1) is 23.3 Å². The van der Waals surface area contributed by atoms with Crippen LogP contribution in [0.1, 0.15) is 6.42 Å². The molecule has 4 aromatic rings. The summed E-state index contributed by atoms with van der Waals surface area (Å²) in [5.74, 6) is -0.596. The Morgan fingerprint density at radius 1 is 1.18 bits per heavy atom. The zero-order valence-electron chi connectivity index (χ0n) is 17.6. The van der Waals surface area contributed by atoms with E-state index >= 15 is 0 Å². The molecule has 0 spiro atoms. The Kier molecular flexibility index (Phi) is 5.54. The molecule has 172 valence electrons. The lowest BCUT2D eigenvalue weighted by molar-refractivity contribution is 0.394. The van der Waals surface area contributed by atoms with Gasteiger partial charge in [0.25, 0.3) is 5.56 Å². The fourth-order valence-corrected chi connectivity index (χ4v) is 4.93. The van der Waals surface area contributed by atoms with Crippen molar-refractivity contribution in [2.45, 2.75) is 22.8 Å². The minimum absolute atomic E-state index is 0.00995. The van der Waals surface area contributed by atoms with Gasteiger partial charge < -0.3 is 9.51 Å². The van der Waals surface area contributed by atoms with Crippen LogP contribution in [0.3, 0.4) is 0 Å². The maximum atomic E-state index is 14.3. The van der Waals surface area contributed by atoms with E-state index in [4.69, 9.17) is 4.52 Å². The number of H-pyrrole nitrogens is 1. The largest absolute Gasteiger partial charge is 0.364 e. The lowest BCUT2D eigenvalue weighted by Crippen LogP contribution is -2.19. The summed E-state index contributed by atoms with van der Waals surface area (Å²) in [4.78, 5) is 18.9. The predicted octanol–water partition coefficient (Wildman–Crippen LogP) is 3.55. The third-order valence-corrected chi connectivity index (χ3v) is 7.19. The van der Waals surface area contributed by atoms with E-state index in [0.29, 0.717) is 17.8 Å². The van der Waals surface area contributed by atoms with Crippen LogP contribution in [0.4, 0.5) is 4.39 Å². The molecule has 0 aliphatic heterocycles. The van der Waals surface area contributed by atoms with Crippen LogP contribution in [-0.4, -0.2) is 33.3 Å². The fourth-order valence-electron chi connectivity index (χ4n) is 3.68. The molecule has 1 N–H and O–H groups in total. The highest BCUT2D eigenvalue weighted by atomic mass is 32.2. The summed E-state index contributed by atoms with van der Waals surface area (Å²) in [6.45, 7) is 0.222. The summed E-state index contributed by atoms with van der Waals surface area (Å²) in [6, 6.07) is 10.9. The summed E-state index contributed by atoms with van der Waals surface area (Å²) < 4.78 is 46.5. The van der Waals surface area contributed by atoms with Gasteiger partial charge in [-0.3, -0.25) is 9.48 Å². The minimum Gasteiger partial charge on any atom is -0.364 e. The van der Waals surface area contributed by atoms with Gasteiger partial charge in [0.1, 0.15) is 23.5 Å². The number of nitrogens with zero attached hydrogens (tertiary/aromatic N) is 4. The molecule has 0 saturated heterocycles. The van der Waals surface area contributed by atoms with Crippen molar-refractivity contribution in [2.24, 2.45) is 5.92 Å². The molecule has 0 saturated carbocycles. The van der Waals surface area contributed by atoms with Gasteiger partial charge in [-0.2, -0.15) is 5.10 Å². The van der Waals surface area contributed by atoms with Crippen molar-refractivity contribution in [1.82, 2.24) is 24.9 Å². The highest BCUT2D eigenvalue weighted by molar-refractivity contribution is 7.91. The average molecular weight is 479 g/mol. The van der Waals surface area contributed by atoms with Crippen LogP contribution in [0.15, 0.2) is 98.1 Å². The number of halogens is 1. The summed E-state index contributed by atoms with van der Waals surface area (Å²) in [7, 11) is -4.04. The van der Waals surface area contributed by atoms with Crippen LogP contribution in [0, 0.1) is 5.92 Å². The highest BCUT2D eigenvalue weighted by Gasteiger charge is 2.24. The van der Waals surface area contributed by atoms with Gasteiger partial charge in [0.15, 0.2) is 10.7 Å². The second-order valence-corrected chi connectivity index (χ2v) is 9.55. The lowest BCUT2D eigenvalue weighted by atomic mass is 9.99. The van der Waals surface area contributed by atoms with Crippen molar-refractivity contribution in [1.29, 1.82) is 0 Å². The van der Waals surface area contributed by atoms with Crippen molar-refractivity contribution in [3.05, 3.63) is 89.3 Å². The molecule has 11 heteroatoms. The van der Waals surface area contributed by atoms with Crippen LogP contribution in [0.25, 0.3) is 22.9 Å². The SMILES string of the molecule is O=c1[nH]c(-c2cc(-c3ccon3)n(CC3CC=CC=C3F)n2)ncc1S(=O)(=O)c1ccccc1. The van der Waals surface area contributed by atoms with Crippen LogP contribution >= 0.6 is 0 Å². The first kappa shape index (κ1) is 21.7. The Labute approximate surface area is 193 Å². The molecule has 1 atom stereocenters. The Bertz CT molecular complexity index is 1550. The maximum Gasteiger partial charge on any atom is 0.270 e. The molecule has 0 fully saturated rings. The smallest absolute Gasteiger partial charge is 0.270 e. The first-order chi connectivity index (χ1) is 16.4. The molecule has 1 aromatic carbocycles. The molecule has 3 heterocycles. The van der Waals surface area contributed by atoms with E-state index in [0.717, 1.165) is 6.20 Å². The van der Waals surface area contributed by atoms with Crippen LogP contribution in [0.2, 0.25) is 0 Å². The number of nitrogens with one attached hydrogen (secondary N) is 1. The van der Waals surface area contributed by atoms with Crippen molar-refractivity contribution < 1.29 is 17.3 Å². The van der Waals surface area contributed by atoms with E-state index in [1.165, 1.54) is 24.5 Å². The number of benzene rings is 1. The molecule has 1 unspecified atom stereocenters. The summed E-state index contributed by atoms with van der Waals surface area (Å²) in [6.07, 6.45) is 7.88. The zero-order valence-corrected chi connectivity index (χ0v) is 18.4. The highest BCUT2D eigenvalue weighted by Crippen LogP contribution is 2.28. The van der Waals surface area contributed by atoms with E-state index in [9.17, 15) is 17.6 Å². The first-order valence-electron chi connectivity index (χ1n) is 10.3. The molecule has 1 aliphatic rings. The zero-order chi connectivity index (χ0) is 23.7. The molecular weight excluding hydrogens is 461 g/mol. The van der Waals surface area contributed by atoms with Gasteiger partial charge in [-0.05, 0) is 30.7 Å². The summed E-state index contributed by atoms with van der Waals surface area (Å²) in [5.41, 5.74) is 0.460. The molecular formula is C23H18FN5O4S. The number of hydrogen-bond acceptors (Lipinski definition) is 7. The van der Waals surface area contributed by atoms with Crippen molar-refractivity contribution >= 4 is 9.84 Å². The number of sulfone groups is 1. The second-order valence-electron chi connectivity index (χ2n) is 7.64. The minimum atomic E-state index is -4.04. The van der Waals surface area contributed by atoms with Crippen molar-refractivity contribution in [3.8, 4) is 22.9 Å². The fraction of sp³-hybridized carbons (Fsp3) is 0.130. The molecule has 1 aliphatic carbocycles. The van der Waals surface area contributed by atoms with E-state index < -0.39 is 26.2 Å². The van der Waals surface area contributed by atoms with E-state index in [1.807, 2.05) is 6.08 Å². The van der Waals surface area contributed by atoms with Crippen LogP contribution in [-0.2, 0) is 16.4 Å². The molecule has 0 radical (unpaired) electrons. The molecule has 34 heavy (non-hydrogen) atoms. The topological polar surface area (TPSA) is 124 Å². The third kappa shape index (κ3) is 4.01.